The van der Waals surface area contributed by atoms with Crippen LogP contribution in [0.25, 0.3) is 0 Å². The first kappa shape index (κ1) is 16.9. The van der Waals surface area contributed by atoms with Gasteiger partial charge < -0.3 is 10.4 Å². The van der Waals surface area contributed by atoms with Crippen molar-refractivity contribution in [3.8, 4) is 0 Å². The molecule has 1 aliphatic rings. The lowest BCUT2D eigenvalue weighted by atomic mass is 9.74. The Balaban J connectivity index is 1.98. The highest BCUT2D eigenvalue weighted by Crippen LogP contribution is 2.35. The molecule has 1 amide bonds. The van der Waals surface area contributed by atoms with Gasteiger partial charge in [0, 0.05) is 12.0 Å². The Hall–Kier alpha value is -1.42. The predicted molar refractivity (Wildman–Crippen MR) is 85.0 cm³/mol. The van der Waals surface area contributed by atoms with E-state index in [-0.39, 0.29) is 29.7 Å². The molecular weight excluding hydrogens is 281 g/mol. The van der Waals surface area contributed by atoms with Crippen LogP contribution in [-0.2, 0) is 4.79 Å². The quantitative estimate of drug-likeness (QED) is 0.846. The summed E-state index contributed by atoms with van der Waals surface area (Å²) in [5, 5.41) is 12.7. The second-order valence-corrected chi connectivity index (χ2v) is 6.45. The van der Waals surface area contributed by atoms with Gasteiger partial charge in [-0.25, -0.2) is 4.39 Å². The molecule has 0 aliphatic heterocycles. The molecule has 1 aromatic carbocycles. The standard InChI is InChI=1S/C18H26FNO2/c1-2-16(14-6-8-15(19)9-7-14)17(22)20-12-18(13-21)10-4-3-5-11-18/h6-9,16,21H,2-5,10-13H2,1H3,(H,20,22). The molecular formula is C18H26FNO2. The Morgan fingerprint density at radius 1 is 1.27 bits per heavy atom. The number of carbonyl (C=O) groups excluding carboxylic acids is 1. The molecule has 0 bridgehead atoms. The highest BCUT2D eigenvalue weighted by atomic mass is 19.1. The summed E-state index contributed by atoms with van der Waals surface area (Å²) >= 11 is 0. The summed E-state index contributed by atoms with van der Waals surface area (Å²) in [7, 11) is 0. The highest BCUT2D eigenvalue weighted by Gasteiger charge is 2.32. The second-order valence-electron chi connectivity index (χ2n) is 6.45. The van der Waals surface area contributed by atoms with Crippen LogP contribution in [0.2, 0.25) is 0 Å². The Morgan fingerprint density at radius 2 is 1.91 bits per heavy atom. The predicted octanol–water partition coefficient (Wildman–Crippen LogP) is 3.38. The molecule has 0 aromatic heterocycles. The fourth-order valence-electron chi connectivity index (χ4n) is 3.36. The number of halogens is 1. The first-order valence-electron chi connectivity index (χ1n) is 8.24. The molecule has 1 atom stereocenters. The van der Waals surface area contributed by atoms with E-state index in [1.807, 2.05) is 6.92 Å². The van der Waals surface area contributed by atoms with Gasteiger partial charge >= 0.3 is 0 Å². The Labute approximate surface area is 131 Å². The first-order chi connectivity index (χ1) is 10.6. The number of benzene rings is 1. The van der Waals surface area contributed by atoms with Crippen LogP contribution < -0.4 is 5.32 Å². The number of hydrogen-bond acceptors (Lipinski definition) is 2. The minimum atomic E-state index is -0.291. The topological polar surface area (TPSA) is 49.3 Å². The molecule has 0 radical (unpaired) electrons. The van der Waals surface area contributed by atoms with E-state index in [2.05, 4.69) is 5.32 Å². The van der Waals surface area contributed by atoms with Crippen LogP contribution in [0.4, 0.5) is 4.39 Å². The average molecular weight is 307 g/mol. The van der Waals surface area contributed by atoms with Gasteiger partial charge in [-0.3, -0.25) is 4.79 Å². The number of aliphatic hydroxyl groups is 1. The van der Waals surface area contributed by atoms with Crippen LogP contribution in [0, 0.1) is 11.2 Å². The molecule has 1 unspecified atom stereocenters. The zero-order chi connectivity index (χ0) is 16.0. The van der Waals surface area contributed by atoms with Gasteiger partial charge in [0.1, 0.15) is 5.82 Å². The van der Waals surface area contributed by atoms with Crippen molar-refractivity contribution in [2.24, 2.45) is 5.41 Å². The SMILES string of the molecule is CCC(C(=O)NCC1(CO)CCCCC1)c1ccc(F)cc1. The summed E-state index contributed by atoms with van der Waals surface area (Å²) in [6.07, 6.45) is 6.05. The van der Waals surface area contributed by atoms with E-state index in [1.165, 1.54) is 18.6 Å². The molecule has 4 heteroatoms. The van der Waals surface area contributed by atoms with Gasteiger partial charge in [-0.15, -0.1) is 0 Å². The molecule has 0 spiro atoms. The van der Waals surface area contributed by atoms with Crippen LogP contribution in [-0.4, -0.2) is 24.2 Å². The number of aliphatic hydroxyl groups excluding tert-OH is 1. The summed E-state index contributed by atoms with van der Waals surface area (Å²) in [6, 6.07) is 6.13. The molecule has 2 rings (SSSR count). The van der Waals surface area contributed by atoms with Crippen LogP contribution >= 0.6 is 0 Å². The Bertz CT molecular complexity index is 480. The maximum atomic E-state index is 13.0. The van der Waals surface area contributed by atoms with Crippen molar-refractivity contribution >= 4 is 5.91 Å². The molecule has 0 heterocycles. The van der Waals surface area contributed by atoms with E-state index in [0.717, 1.165) is 31.2 Å². The molecule has 1 fully saturated rings. The molecule has 122 valence electrons. The van der Waals surface area contributed by atoms with Gasteiger partial charge in [0.2, 0.25) is 5.91 Å². The van der Waals surface area contributed by atoms with E-state index in [0.29, 0.717) is 13.0 Å². The largest absolute Gasteiger partial charge is 0.396 e. The van der Waals surface area contributed by atoms with E-state index in [4.69, 9.17) is 0 Å². The number of carbonyl (C=O) groups is 1. The summed E-state index contributed by atoms with van der Waals surface area (Å²) in [5.74, 6) is -0.590. The summed E-state index contributed by atoms with van der Waals surface area (Å²) in [6.45, 7) is 2.61. The van der Waals surface area contributed by atoms with Crippen molar-refractivity contribution in [1.82, 2.24) is 5.32 Å². The smallest absolute Gasteiger partial charge is 0.227 e. The molecule has 0 saturated heterocycles. The normalized spacial score (nSPS) is 18.7. The molecule has 22 heavy (non-hydrogen) atoms. The second kappa shape index (κ2) is 7.73. The van der Waals surface area contributed by atoms with Gasteiger partial charge in [0.05, 0.1) is 12.5 Å². The number of amides is 1. The van der Waals surface area contributed by atoms with Crippen LogP contribution in [0.5, 0.6) is 0 Å². The van der Waals surface area contributed by atoms with Crippen molar-refractivity contribution < 1.29 is 14.3 Å². The zero-order valence-corrected chi connectivity index (χ0v) is 13.3. The number of nitrogens with one attached hydrogen (secondary N) is 1. The molecule has 1 aromatic rings. The van der Waals surface area contributed by atoms with Gasteiger partial charge in [-0.1, -0.05) is 38.3 Å². The fourth-order valence-corrected chi connectivity index (χ4v) is 3.36. The van der Waals surface area contributed by atoms with Crippen LogP contribution in [0.15, 0.2) is 24.3 Å². The van der Waals surface area contributed by atoms with Crippen LogP contribution in [0.1, 0.15) is 56.9 Å². The summed E-state index contributed by atoms with van der Waals surface area (Å²) in [4.78, 5) is 12.5. The summed E-state index contributed by atoms with van der Waals surface area (Å²) in [5.41, 5.74) is 0.678. The van der Waals surface area contributed by atoms with E-state index >= 15 is 0 Å². The zero-order valence-electron chi connectivity index (χ0n) is 13.3. The third kappa shape index (κ3) is 4.07. The monoisotopic (exact) mass is 307 g/mol. The third-order valence-corrected chi connectivity index (χ3v) is 4.88. The summed E-state index contributed by atoms with van der Waals surface area (Å²) < 4.78 is 13.0. The van der Waals surface area contributed by atoms with Gasteiger partial charge in [0.25, 0.3) is 0 Å². The van der Waals surface area contributed by atoms with Crippen molar-refractivity contribution in [3.05, 3.63) is 35.6 Å². The van der Waals surface area contributed by atoms with Crippen molar-refractivity contribution in [2.45, 2.75) is 51.4 Å². The van der Waals surface area contributed by atoms with Gasteiger partial charge in [-0.2, -0.15) is 0 Å². The van der Waals surface area contributed by atoms with Crippen molar-refractivity contribution in [3.63, 3.8) is 0 Å². The Morgan fingerprint density at radius 3 is 2.45 bits per heavy atom. The Kier molecular flexibility index (Phi) is 5.95. The molecule has 1 aliphatic carbocycles. The van der Waals surface area contributed by atoms with E-state index < -0.39 is 0 Å². The minimum absolute atomic E-state index is 0.0347. The lowest BCUT2D eigenvalue weighted by Gasteiger charge is -2.36. The lowest BCUT2D eigenvalue weighted by molar-refractivity contribution is -0.123. The molecule has 3 nitrogen and oxygen atoms in total. The van der Waals surface area contributed by atoms with Crippen molar-refractivity contribution in [2.75, 3.05) is 13.2 Å². The maximum absolute atomic E-state index is 13.0. The van der Waals surface area contributed by atoms with Crippen LogP contribution in [0.3, 0.4) is 0 Å². The first-order valence-corrected chi connectivity index (χ1v) is 8.24. The average Bonchev–Trinajstić information content (AvgIpc) is 2.56. The van der Waals surface area contributed by atoms with Crippen molar-refractivity contribution in [1.29, 1.82) is 0 Å². The lowest BCUT2D eigenvalue weighted by Crippen LogP contribution is -2.42. The maximum Gasteiger partial charge on any atom is 0.227 e. The third-order valence-electron chi connectivity index (χ3n) is 4.88. The number of rotatable bonds is 6. The van der Waals surface area contributed by atoms with E-state index in [9.17, 15) is 14.3 Å². The minimum Gasteiger partial charge on any atom is -0.396 e. The van der Waals surface area contributed by atoms with Gasteiger partial charge in [-0.05, 0) is 37.0 Å². The fraction of sp³-hybridized carbons (Fsp3) is 0.611. The molecule has 1 saturated carbocycles. The number of hydrogen-bond donors (Lipinski definition) is 2. The van der Waals surface area contributed by atoms with E-state index in [1.54, 1.807) is 12.1 Å². The highest BCUT2D eigenvalue weighted by molar-refractivity contribution is 5.83. The van der Waals surface area contributed by atoms with Gasteiger partial charge in [0.15, 0.2) is 0 Å². The molecule has 2 N–H and O–H groups in total.